The Bertz CT molecular complexity index is 619. The number of carbonyl (C=O) groups is 1. The molecular formula is C15H10ClF3O2. The van der Waals surface area contributed by atoms with Crippen LogP contribution in [-0.2, 0) is 17.4 Å². The van der Waals surface area contributed by atoms with Gasteiger partial charge < -0.3 is 4.74 Å². The number of carbonyl (C=O) groups excluding carboxylic acids is 1. The lowest BCUT2D eigenvalue weighted by Crippen LogP contribution is -2.03. The fourth-order valence-corrected chi connectivity index (χ4v) is 1.84. The van der Waals surface area contributed by atoms with Crippen LogP contribution in [0, 0.1) is 0 Å². The third-order valence-electron chi connectivity index (χ3n) is 2.68. The summed E-state index contributed by atoms with van der Waals surface area (Å²) in [5, 5.41) is -0.466. The van der Waals surface area contributed by atoms with E-state index in [0.717, 1.165) is 17.7 Å². The van der Waals surface area contributed by atoms with Crippen molar-refractivity contribution in [3.63, 3.8) is 0 Å². The van der Waals surface area contributed by atoms with E-state index in [1.165, 1.54) is 12.1 Å². The minimum Gasteiger partial charge on any atom is -0.457 e. The molecule has 0 bridgehead atoms. The van der Waals surface area contributed by atoms with Gasteiger partial charge >= 0.3 is 6.18 Å². The van der Waals surface area contributed by atoms with Gasteiger partial charge in [-0.3, -0.25) is 4.79 Å². The number of hydrogen-bond donors (Lipinski definition) is 0. The lowest BCUT2D eigenvalue weighted by Gasteiger charge is -2.09. The van der Waals surface area contributed by atoms with Crippen molar-refractivity contribution in [1.82, 2.24) is 0 Å². The Labute approximate surface area is 124 Å². The molecule has 0 atom stereocenters. The number of benzene rings is 2. The first-order valence-corrected chi connectivity index (χ1v) is 6.35. The zero-order valence-corrected chi connectivity index (χ0v) is 11.4. The van der Waals surface area contributed by atoms with Crippen molar-refractivity contribution in [2.45, 2.75) is 12.6 Å². The molecule has 6 heteroatoms. The van der Waals surface area contributed by atoms with Gasteiger partial charge in [0.05, 0.1) is 5.56 Å². The van der Waals surface area contributed by atoms with Crippen LogP contribution in [0.3, 0.4) is 0 Å². The van der Waals surface area contributed by atoms with E-state index in [0.29, 0.717) is 11.5 Å². The van der Waals surface area contributed by atoms with Gasteiger partial charge in [-0.15, -0.1) is 0 Å². The summed E-state index contributed by atoms with van der Waals surface area (Å²) in [5.74, 6) is 0.754. The molecular weight excluding hydrogens is 305 g/mol. The molecule has 0 aliphatic carbocycles. The minimum absolute atomic E-state index is 0.113. The highest BCUT2D eigenvalue weighted by atomic mass is 35.5. The third kappa shape index (κ3) is 4.49. The molecule has 110 valence electrons. The Morgan fingerprint density at radius 2 is 1.43 bits per heavy atom. The molecule has 0 unspecified atom stereocenters. The highest BCUT2D eigenvalue weighted by Gasteiger charge is 2.30. The average Bonchev–Trinajstić information content (AvgIpc) is 2.40. The first kappa shape index (κ1) is 15.4. The maximum Gasteiger partial charge on any atom is 0.416 e. The van der Waals surface area contributed by atoms with Crippen molar-refractivity contribution in [2.75, 3.05) is 0 Å². The second-order valence-corrected chi connectivity index (χ2v) is 4.72. The van der Waals surface area contributed by atoms with Crippen molar-refractivity contribution in [1.29, 1.82) is 0 Å². The summed E-state index contributed by atoms with van der Waals surface area (Å²) in [6.45, 7) is 0. The fraction of sp³-hybridized carbons (Fsp3) is 0.133. The second-order valence-electron chi connectivity index (χ2n) is 4.30. The van der Waals surface area contributed by atoms with Crippen LogP contribution in [0.4, 0.5) is 13.2 Å². The largest absolute Gasteiger partial charge is 0.457 e. The van der Waals surface area contributed by atoms with Crippen molar-refractivity contribution in [2.24, 2.45) is 0 Å². The first-order valence-electron chi connectivity index (χ1n) is 5.97. The summed E-state index contributed by atoms with van der Waals surface area (Å²) in [4.78, 5) is 10.7. The van der Waals surface area contributed by atoms with E-state index in [-0.39, 0.29) is 6.42 Å². The maximum absolute atomic E-state index is 12.4. The smallest absolute Gasteiger partial charge is 0.416 e. The lowest BCUT2D eigenvalue weighted by atomic mass is 10.1. The van der Waals surface area contributed by atoms with Crippen LogP contribution in [0.1, 0.15) is 11.1 Å². The zero-order chi connectivity index (χ0) is 15.5. The molecule has 2 aromatic carbocycles. The molecule has 0 N–H and O–H groups in total. The van der Waals surface area contributed by atoms with E-state index < -0.39 is 17.0 Å². The number of hydrogen-bond acceptors (Lipinski definition) is 2. The van der Waals surface area contributed by atoms with Crippen LogP contribution in [0.2, 0.25) is 0 Å². The predicted molar refractivity (Wildman–Crippen MR) is 72.5 cm³/mol. The van der Waals surface area contributed by atoms with Crippen molar-refractivity contribution in [3.05, 3.63) is 59.7 Å². The van der Waals surface area contributed by atoms with E-state index in [4.69, 9.17) is 16.3 Å². The maximum atomic E-state index is 12.4. The summed E-state index contributed by atoms with van der Waals surface area (Å²) < 4.78 is 42.7. The van der Waals surface area contributed by atoms with E-state index in [1.807, 2.05) is 0 Å². The normalized spacial score (nSPS) is 11.2. The Morgan fingerprint density at radius 1 is 0.952 bits per heavy atom. The quantitative estimate of drug-likeness (QED) is 0.757. The molecule has 2 nitrogen and oxygen atoms in total. The molecule has 0 amide bonds. The van der Waals surface area contributed by atoms with Crippen molar-refractivity contribution >= 4 is 16.8 Å². The van der Waals surface area contributed by atoms with Crippen LogP contribution in [0.15, 0.2) is 48.5 Å². The second kappa shape index (κ2) is 6.18. The summed E-state index contributed by atoms with van der Waals surface area (Å²) in [6.07, 6.45) is -4.25. The molecule has 0 saturated carbocycles. The first-order chi connectivity index (χ1) is 9.84. The van der Waals surface area contributed by atoms with Gasteiger partial charge in [0.25, 0.3) is 0 Å². The Morgan fingerprint density at radius 3 is 1.86 bits per heavy atom. The van der Waals surface area contributed by atoms with Crippen molar-refractivity contribution in [3.8, 4) is 11.5 Å². The van der Waals surface area contributed by atoms with E-state index in [2.05, 4.69) is 0 Å². The molecule has 0 saturated heterocycles. The number of alkyl halides is 3. The zero-order valence-electron chi connectivity index (χ0n) is 10.7. The van der Waals surface area contributed by atoms with Crippen LogP contribution in [0.5, 0.6) is 11.5 Å². The molecule has 0 spiro atoms. The topological polar surface area (TPSA) is 26.3 Å². The number of ether oxygens (including phenoxy) is 1. The van der Waals surface area contributed by atoms with Crippen LogP contribution in [-0.4, -0.2) is 5.24 Å². The monoisotopic (exact) mass is 314 g/mol. The molecule has 0 aliphatic heterocycles. The molecule has 2 aromatic rings. The van der Waals surface area contributed by atoms with E-state index in [9.17, 15) is 18.0 Å². The van der Waals surface area contributed by atoms with E-state index in [1.54, 1.807) is 24.3 Å². The standard InChI is InChI=1S/C15H10ClF3O2/c16-14(20)9-10-1-5-12(6-2-10)21-13-7-3-11(4-8-13)15(17,18)19/h1-8H,9H2. The Balaban J connectivity index is 2.06. The highest BCUT2D eigenvalue weighted by Crippen LogP contribution is 2.31. The fourth-order valence-electron chi connectivity index (χ4n) is 1.68. The van der Waals surface area contributed by atoms with Gasteiger partial charge in [0.1, 0.15) is 11.5 Å². The molecule has 0 aliphatic rings. The predicted octanol–water partition coefficient (Wildman–Crippen LogP) is 4.81. The molecule has 0 aromatic heterocycles. The van der Waals surface area contributed by atoms with Crippen LogP contribution >= 0.6 is 11.6 Å². The van der Waals surface area contributed by atoms with E-state index >= 15 is 0 Å². The van der Waals surface area contributed by atoms with Gasteiger partial charge in [-0.25, -0.2) is 0 Å². The SMILES string of the molecule is O=C(Cl)Cc1ccc(Oc2ccc(C(F)(F)F)cc2)cc1. The summed E-state index contributed by atoms with van der Waals surface area (Å²) in [7, 11) is 0. The van der Waals surface area contributed by atoms with Gasteiger partial charge in [0, 0.05) is 6.42 Å². The third-order valence-corrected chi connectivity index (χ3v) is 2.82. The van der Waals surface area contributed by atoms with Crippen LogP contribution in [0.25, 0.3) is 0 Å². The van der Waals surface area contributed by atoms with Gasteiger partial charge in [-0.05, 0) is 53.6 Å². The Hall–Kier alpha value is -2.01. The molecule has 2 rings (SSSR count). The summed E-state index contributed by atoms with van der Waals surface area (Å²) in [6, 6.07) is 11.0. The van der Waals surface area contributed by atoms with Gasteiger partial charge in [-0.1, -0.05) is 12.1 Å². The summed E-state index contributed by atoms with van der Waals surface area (Å²) in [5.41, 5.74) is 0.000548. The lowest BCUT2D eigenvalue weighted by molar-refractivity contribution is -0.137. The van der Waals surface area contributed by atoms with Gasteiger partial charge in [-0.2, -0.15) is 13.2 Å². The highest BCUT2D eigenvalue weighted by molar-refractivity contribution is 6.63. The molecule has 0 radical (unpaired) electrons. The Kier molecular flexibility index (Phi) is 4.53. The molecule has 21 heavy (non-hydrogen) atoms. The summed E-state index contributed by atoms with van der Waals surface area (Å²) >= 11 is 5.27. The number of rotatable bonds is 4. The van der Waals surface area contributed by atoms with Gasteiger partial charge in [0.15, 0.2) is 0 Å². The van der Waals surface area contributed by atoms with Crippen LogP contribution < -0.4 is 4.74 Å². The van der Waals surface area contributed by atoms with Gasteiger partial charge in [0.2, 0.25) is 5.24 Å². The molecule has 0 heterocycles. The minimum atomic E-state index is -4.37. The molecule has 0 fully saturated rings. The number of halogens is 4. The van der Waals surface area contributed by atoms with Crippen molar-refractivity contribution < 1.29 is 22.7 Å². The average molecular weight is 315 g/mol.